The Morgan fingerprint density at radius 2 is 2.62 bits per heavy atom. The van der Waals surface area contributed by atoms with E-state index in [0.717, 1.165) is 0 Å². The number of aromatic nitrogens is 2. The van der Waals surface area contributed by atoms with Crippen LogP contribution < -0.4 is 0 Å². The van der Waals surface area contributed by atoms with Crippen LogP contribution in [0.4, 0.5) is 0 Å². The van der Waals surface area contributed by atoms with Crippen molar-refractivity contribution in [2.24, 2.45) is 0 Å². The maximum atomic E-state index is 9.85. The molecule has 0 aliphatic rings. The van der Waals surface area contributed by atoms with E-state index in [0.29, 0.717) is 0 Å². The van der Waals surface area contributed by atoms with Crippen LogP contribution in [-0.4, -0.2) is 21.3 Å². The molecule has 0 bridgehead atoms. The van der Waals surface area contributed by atoms with E-state index < -0.39 is 11.9 Å². The van der Waals surface area contributed by atoms with Gasteiger partial charge in [0.1, 0.15) is 0 Å². The Labute approximate surface area is 44.0 Å². The van der Waals surface area contributed by atoms with Crippen molar-refractivity contribution in [3.8, 4) is 0 Å². The molecule has 8 heavy (non-hydrogen) atoms. The number of rotatable bonds is 1. The van der Waals surface area contributed by atoms with Crippen molar-refractivity contribution in [3.05, 3.63) is 12.3 Å². The first-order valence-electron chi connectivity index (χ1n) is 1.73. The third-order valence-electron chi connectivity index (χ3n) is 0.507. The lowest BCUT2D eigenvalue weighted by Gasteiger charge is -1.74. The maximum Gasteiger partial charge on any atom is 0.393 e. The van der Waals surface area contributed by atoms with Gasteiger partial charge in [0.15, 0.2) is 0 Å². The van der Waals surface area contributed by atoms with Crippen LogP contribution in [0.25, 0.3) is 0 Å². The number of aromatic carboxylic acids is 1. The van der Waals surface area contributed by atoms with Crippen LogP contribution in [0.2, 0.25) is 0 Å². The van der Waals surface area contributed by atoms with Crippen LogP contribution in [0.15, 0.2) is 4.42 Å². The van der Waals surface area contributed by atoms with E-state index in [4.69, 9.17) is 5.11 Å². The van der Waals surface area contributed by atoms with E-state index in [1.54, 1.807) is 0 Å². The second-order valence-corrected chi connectivity index (χ2v) is 1.00. The zero-order valence-corrected chi connectivity index (χ0v) is 3.66. The molecule has 1 rings (SSSR count). The summed E-state index contributed by atoms with van der Waals surface area (Å²) in [6.07, 6.45) is 1.89. The number of hydrogen-bond acceptors (Lipinski definition) is 4. The highest BCUT2D eigenvalue weighted by molar-refractivity contribution is 5.81. The Balaban J connectivity index is 2.93. The van der Waals surface area contributed by atoms with Crippen LogP contribution in [0.5, 0.6) is 0 Å². The van der Waals surface area contributed by atoms with Gasteiger partial charge in [-0.05, 0) is 0 Å². The topological polar surface area (TPSA) is 76.2 Å². The molecule has 41 valence electrons. The third kappa shape index (κ3) is 0.651. The first-order valence-corrected chi connectivity index (χ1v) is 1.73. The van der Waals surface area contributed by atoms with Gasteiger partial charge in [-0.15, -0.1) is 10.2 Å². The predicted molar refractivity (Wildman–Crippen MR) is 20.1 cm³/mol. The molecular formula is C3HN2O3. The summed E-state index contributed by atoms with van der Waals surface area (Å²) in [4.78, 5) is 9.85. The van der Waals surface area contributed by atoms with E-state index >= 15 is 0 Å². The number of carbonyl (C=O) groups is 1. The first kappa shape index (κ1) is 4.76. The minimum atomic E-state index is -1.24. The molecule has 1 radical (unpaired) electrons. The molecule has 1 aromatic rings. The highest BCUT2D eigenvalue weighted by atomic mass is 16.4. The molecular weight excluding hydrogens is 112 g/mol. The summed E-state index contributed by atoms with van der Waals surface area (Å²) in [5.41, 5.74) is 0. The van der Waals surface area contributed by atoms with Crippen LogP contribution in [0.3, 0.4) is 0 Å². The smallest absolute Gasteiger partial charge is 0.393 e. The number of carboxylic acids is 1. The van der Waals surface area contributed by atoms with Crippen molar-refractivity contribution >= 4 is 5.97 Å². The summed E-state index contributed by atoms with van der Waals surface area (Å²) in [6.45, 7) is 0. The second kappa shape index (κ2) is 1.61. The standard InChI is InChI=1S/C3HN2O3/c6-3(7)2-5-4-1-8-2/h(H,6,7). The molecule has 0 spiro atoms. The summed E-state index contributed by atoms with van der Waals surface area (Å²) < 4.78 is 4.15. The molecule has 0 atom stereocenters. The molecule has 0 aliphatic heterocycles. The van der Waals surface area contributed by atoms with Crippen LogP contribution in [0, 0.1) is 6.39 Å². The van der Waals surface area contributed by atoms with Crippen molar-refractivity contribution in [3.63, 3.8) is 0 Å². The Morgan fingerprint density at radius 3 is 2.88 bits per heavy atom. The predicted octanol–water partition coefficient (Wildman–Crippen LogP) is -0.432. The fraction of sp³-hybridized carbons (Fsp3) is 0. The SMILES string of the molecule is O=C(O)c1nn[c]o1. The molecule has 0 saturated heterocycles. The summed E-state index contributed by atoms with van der Waals surface area (Å²) in [6, 6.07) is 0. The van der Waals surface area contributed by atoms with Gasteiger partial charge in [0.25, 0.3) is 0 Å². The minimum absolute atomic E-state index is 0.440. The lowest BCUT2D eigenvalue weighted by atomic mass is 10.7. The normalized spacial score (nSPS) is 9.00. The van der Waals surface area contributed by atoms with Gasteiger partial charge in [-0.2, -0.15) is 0 Å². The fourth-order valence-corrected chi connectivity index (χ4v) is 0.236. The molecule has 0 aromatic carbocycles. The lowest BCUT2D eigenvalue weighted by Crippen LogP contribution is -1.95. The molecule has 1 N–H and O–H groups in total. The van der Waals surface area contributed by atoms with E-state index in [1.165, 1.54) is 0 Å². The molecule has 0 aliphatic carbocycles. The van der Waals surface area contributed by atoms with E-state index in [1.807, 2.05) is 6.39 Å². The lowest BCUT2D eigenvalue weighted by molar-refractivity contribution is 0.0653. The molecule has 5 heteroatoms. The average Bonchev–Trinajstić information content (AvgIpc) is 2.12. The van der Waals surface area contributed by atoms with E-state index in [2.05, 4.69) is 14.6 Å². The number of hydrogen-bond donors (Lipinski definition) is 1. The average molecular weight is 113 g/mol. The molecule has 0 fully saturated rings. The molecule has 5 nitrogen and oxygen atoms in total. The number of nitrogens with zero attached hydrogens (tertiary/aromatic N) is 2. The van der Waals surface area contributed by atoms with E-state index in [-0.39, 0.29) is 0 Å². The van der Waals surface area contributed by atoms with Gasteiger partial charge in [-0.25, -0.2) is 4.79 Å². The second-order valence-electron chi connectivity index (χ2n) is 1.00. The third-order valence-corrected chi connectivity index (χ3v) is 0.507. The van der Waals surface area contributed by atoms with E-state index in [9.17, 15) is 4.79 Å². The van der Waals surface area contributed by atoms with Gasteiger partial charge >= 0.3 is 18.3 Å². The van der Waals surface area contributed by atoms with Gasteiger partial charge in [-0.1, -0.05) is 0 Å². The van der Waals surface area contributed by atoms with Gasteiger partial charge in [0.05, 0.1) is 0 Å². The fourth-order valence-electron chi connectivity index (χ4n) is 0.236. The monoisotopic (exact) mass is 113 g/mol. The Bertz CT molecular complexity index is 180. The van der Waals surface area contributed by atoms with Crippen molar-refractivity contribution in [2.75, 3.05) is 0 Å². The molecule has 1 heterocycles. The quantitative estimate of drug-likeness (QED) is 0.534. The van der Waals surface area contributed by atoms with Gasteiger partial charge < -0.3 is 9.52 Å². The van der Waals surface area contributed by atoms with Crippen molar-refractivity contribution in [1.82, 2.24) is 10.2 Å². The van der Waals surface area contributed by atoms with Crippen LogP contribution >= 0.6 is 0 Å². The molecule has 0 saturated carbocycles. The van der Waals surface area contributed by atoms with Gasteiger partial charge in [-0.3, -0.25) is 0 Å². The first-order chi connectivity index (χ1) is 3.80. The Hall–Kier alpha value is -1.39. The summed E-state index contributed by atoms with van der Waals surface area (Å²) in [5, 5.41) is 14.1. The highest BCUT2D eigenvalue weighted by Gasteiger charge is 2.06. The van der Waals surface area contributed by atoms with Gasteiger partial charge in [0, 0.05) is 0 Å². The summed E-state index contributed by atoms with van der Waals surface area (Å²) in [5.74, 6) is -1.68. The van der Waals surface area contributed by atoms with Crippen LogP contribution in [-0.2, 0) is 0 Å². The summed E-state index contributed by atoms with van der Waals surface area (Å²) >= 11 is 0. The van der Waals surface area contributed by atoms with Crippen molar-refractivity contribution in [1.29, 1.82) is 0 Å². The molecule has 1 aromatic heterocycles. The molecule has 0 unspecified atom stereocenters. The largest absolute Gasteiger partial charge is 0.474 e. The zero-order valence-electron chi connectivity index (χ0n) is 3.66. The Kier molecular flexibility index (Phi) is 0.957. The number of carboxylic acid groups (broad SMARTS) is 1. The molecule has 0 amide bonds. The van der Waals surface area contributed by atoms with Gasteiger partial charge in [0.2, 0.25) is 0 Å². The minimum Gasteiger partial charge on any atom is -0.474 e. The van der Waals surface area contributed by atoms with Crippen molar-refractivity contribution in [2.45, 2.75) is 0 Å². The zero-order chi connectivity index (χ0) is 5.98. The van der Waals surface area contributed by atoms with Crippen molar-refractivity contribution < 1.29 is 14.3 Å². The maximum absolute atomic E-state index is 9.85. The van der Waals surface area contributed by atoms with Crippen LogP contribution in [0.1, 0.15) is 10.7 Å². The summed E-state index contributed by atoms with van der Waals surface area (Å²) in [7, 11) is 0. The Morgan fingerprint density at radius 1 is 1.88 bits per heavy atom. The highest BCUT2D eigenvalue weighted by Crippen LogP contribution is 1.87.